The zero-order valence-electron chi connectivity index (χ0n) is 15.0. The van der Waals surface area contributed by atoms with Gasteiger partial charge in [0.15, 0.2) is 11.4 Å². The number of ether oxygens (including phenoxy) is 1. The van der Waals surface area contributed by atoms with Crippen molar-refractivity contribution in [3.05, 3.63) is 60.2 Å². The highest BCUT2D eigenvalue weighted by atomic mass is 16.5. The van der Waals surface area contributed by atoms with Crippen molar-refractivity contribution in [1.82, 2.24) is 0 Å². The lowest BCUT2D eigenvalue weighted by Crippen LogP contribution is -2.52. The van der Waals surface area contributed by atoms with E-state index in [9.17, 15) is 15.0 Å². The Morgan fingerprint density at radius 2 is 1.60 bits per heavy atom. The van der Waals surface area contributed by atoms with Crippen molar-refractivity contribution in [1.29, 1.82) is 0 Å². The van der Waals surface area contributed by atoms with Gasteiger partial charge in [0.25, 0.3) is 0 Å². The second kappa shape index (κ2) is 8.39. The minimum absolute atomic E-state index is 0.166. The van der Waals surface area contributed by atoms with Gasteiger partial charge in [-0.2, -0.15) is 0 Å². The molecule has 4 heteroatoms. The van der Waals surface area contributed by atoms with Crippen molar-refractivity contribution >= 4 is 5.78 Å². The molecule has 0 saturated heterocycles. The smallest absolute Gasteiger partial charge is 0.192 e. The van der Waals surface area contributed by atoms with Gasteiger partial charge in [0.05, 0.1) is 12.7 Å². The van der Waals surface area contributed by atoms with Crippen LogP contribution in [0.15, 0.2) is 54.6 Å². The largest absolute Gasteiger partial charge is 0.389 e. The summed E-state index contributed by atoms with van der Waals surface area (Å²) in [4.78, 5) is 12.1. The molecular formula is C21H26O4. The van der Waals surface area contributed by atoms with Crippen LogP contribution < -0.4 is 0 Å². The number of hydrogen-bond donors (Lipinski definition) is 2. The lowest BCUT2D eigenvalue weighted by Gasteiger charge is -2.35. The molecule has 134 valence electrons. The molecule has 2 atom stereocenters. The van der Waals surface area contributed by atoms with Crippen LogP contribution in [-0.2, 0) is 16.1 Å². The molecule has 0 radical (unpaired) electrons. The average molecular weight is 342 g/mol. The number of aliphatic hydroxyl groups is 2. The predicted octanol–water partition coefficient (Wildman–Crippen LogP) is 3.21. The van der Waals surface area contributed by atoms with Crippen LogP contribution in [0.2, 0.25) is 0 Å². The van der Waals surface area contributed by atoms with Crippen molar-refractivity contribution in [3.63, 3.8) is 0 Å². The zero-order chi connectivity index (χ0) is 18.4. The topological polar surface area (TPSA) is 66.8 Å². The molecule has 0 spiro atoms. The summed E-state index contributed by atoms with van der Waals surface area (Å²) in [5.74, 6) is -0.685. The Balaban J connectivity index is 2.11. The molecule has 2 rings (SSSR count). The fourth-order valence-corrected chi connectivity index (χ4v) is 2.78. The first-order chi connectivity index (χ1) is 11.9. The molecule has 0 fully saturated rings. The summed E-state index contributed by atoms with van der Waals surface area (Å²) in [6, 6.07) is 17.9. The molecule has 0 aliphatic carbocycles. The Morgan fingerprint density at radius 3 is 2.12 bits per heavy atom. The summed E-state index contributed by atoms with van der Waals surface area (Å²) in [6.07, 6.45) is -0.990. The van der Waals surface area contributed by atoms with E-state index in [4.69, 9.17) is 4.74 Å². The van der Waals surface area contributed by atoms with Crippen molar-refractivity contribution in [3.8, 4) is 11.1 Å². The Labute approximate surface area is 149 Å². The summed E-state index contributed by atoms with van der Waals surface area (Å²) >= 11 is 0. The fourth-order valence-electron chi connectivity index (χ4n) is 2.78. The molecule has 4 nitrogen and oxygen atoms in total. The number of hydrogen-bond acceptors (Lipinski definition) is 4. The van der Waals surface area contributed by atoms with Gasteiger partial charge in [-0.15, -0.1) is 0 Å². The standard InChI is InChI=1S/C21H26O4/c1-15(2)20(24)21(3,19(23)13-22)25-14-16-9-11-18(12-10-16)17-7-5-4-6-8-17/h4-12,15,20,22,24H,13-14H2,1-3H3/t20-,21+/m0/s1. The number of carbonyl (C=O) groups excluding carboxylic acids is 1. The van der Waals surface area contributed by atoms with Crippen LogP contribution in [-0.4, -0.2) is 34.3 Å². The third kappa shape index (κ3) is 4.54. The lowest BCUT2D eigenvalue weighted by molar-refractivity contribution is -0.169. The number of aliphatic hydroxyl groups excluding tert-OH is 2. The summed E-state index contributed by atoms with van der Waals surface area (Å²) in [5.41, 5.74) is 1.69. The van der Waals surface area contributed by atoms with Crippen molar-refractivity contribution in [2.75, 3.05) is 6.61 Å². The molecular weight excluding hydrogens is 316 g/mol. The van der Waals surface area contributed by atoms with Gasteiger partial charge in [0.1, 0.15) is 6.61 Å². The molecule has 2 aromatic rings. The molecule has 0 aliphatic rings. The van der Waals surface area contributed by atoms with E-state index in [0.717, 1.165) is 16.7 Å². The highest BCUT2D eigenvalue weighted by Gasteiger charge is 2.42. The maximum Gasteiger partial charge on any atom is 0.192 e. The Hall–Kier alpha value is -2.01. The highest BCUT2D eigenvalue weighted by molar-refractivity contribution is 5.88. The molecule has 0 aromatic heterocycles. The minimum Gasteiger partial charge on any atom is -0.389 e. The van der Waals surface area contributed by atoms with Crippen molar-refractivity contribution < 1.29 is 19.7 Å². The lowest BCUT2D eigenvalue weighted by atomic mass is 9.86. The number of benzene rings is 2. The van der Waals surface area contributed by atoms with Crippen LogP contribution >= 0.6 is 0 Å². The van der Waals surface area contributed by atoms with Crippen molar-refractivity contribution in [2.24, 2.45) is 5.92 Å². The number of rotatable bonds is 8. The maximum atomic E-state index is 12.1. The molecule has 0 heterocycles. The van der Waals surface area contributed by atoms with Gasteiger partial charge >= 0.3 is 0 Å². The first-order valence-corrected chi connectivity index (χ1v) is 8.49. The Morgan fingerprint density at radius 1 is 1.04 bits per heavy atom. The molecule has 0 bridgehead atoms. The second-order valence-electron chi connectivity index (χ2n) is 6.73. The monoisotopic (exact) mass is 342 g/mol. The SMILES string of the molecule is CC(C)[C@H](O)[C@](C)(OCc1ccc(-c2ccccc2)cc1)C(=O)CO. The molecule has 0 saturated carbocycles. The molecule has 2 N–H and O–H groups in total. The average Bonchev–Trinajstić information content (AvgIpc) is 2.65. The third-order valence-electron chi connectivity index (χ3n) is 4.49. The molecule has 0 aliphatic heterocycles. The molecule has 0 amide bonds. The van der Waals surface area contributed by atoms with E-state index in [1.54, 1.807) is 0 Å². The van der Waals surface area contributed by atoms with E-state index in [1.165, 1.54) is 6.92 Å². The van der Waals surface area contributed by atoms with Gasteiger partial charge in [-0.3, -0.25) is 4.79 Å². The van der Waals surface area contributed by atoms with Crippen LogP contribution in [0.3, 0.4) is 0 Å². The van der Waals surface area contributed by atoms with E-state index >= 15 is 0 Å². The van der Waals surface area contributed by atoms with Crippen LogP contribution in [0.5, 0.6) is 0 Å². The Bertz CT molecular complexity index is 679. The maximum absolute atomic E-state index is 12.1. The van der Waals surface area contributed by atoms with Gasteiger partial charge in [-0.25, -0.2) is 0 Å². The van der Waals surface area contributed by atoms with Gasteiger partial charge < -0.3 is 14.9 Å². The van der Waals surface area contributed by atoms with Crippen LogP contribution in [0.4, 0.5) is 0 Å². The third-order valence-corrected chi connectivity index (χ3v) is 4.49. The molecule has 0 unspecified atom stereocenters. The number of ketones is 1. The highest BCUT2D eigenvalue weighted by Crippen LogP contribution is 2.25. The van der Waals surface area contributed by atoms with Gasteiger partial charge in [0, 0.05) is 0 Å². The van der Waals surface area contributed by atoms with E-state index in [-0.39, 0.29) is 12.5 Å². The first-order valence-electron chi connectivity index (χ1n) is 8.49. The van der Waals surface area contributed by atoms with Gasteiger partial charge in [-0.05, 0) is 29.5 Å². The van der Waals surface area contributed by atoms with Crippen LogP contribution in [0, 0.1) is 5.92 Å². The van der Waals surface area contributed by atoms with Crippen molar-refractivity contribution in [2.45, 2.75) is 39.1 Å². The van der Waals surface area contributed by atoms with E-state index in [0.29, 0.717) is 0 Å². The zero-order valence-corrected chi connectivity index (χ0v) is 15.0. The van der Waals surface area contributed by atoms with E-state index < -0.39 is 24.1 Å². The van der Waals surface area contributed by atoms with E-state index in [1.807, 2.05) is 68.4 Å². The summed E-state index contributed by atoms with van der Waals surface area (Å²) < 4.78 is 5.78. The fraction of sp³-hybridized carbons (Fsp3) is 0.381. The minimum atomic E-state index is -1.43. The normalized spacial score (nSPS) is 15.0. The number of carbonyl (C=O) groups is 1. The van der Waals surface area contributed by atoms with E-state index in [2.05, 4.69) is 0 Å². The van der Waals surface area contributed by atoms with Crippen LogP contribution in [0.25, 0.3) is 11.1 Å². The van der Waals surface area contributed by atoms with Gasteiger partial charge in [0.2, 0.25) is 0 Å². The molecule has 25 heavy (non-hydrogen) atoms. The van der Waals surface area contributed by atoms with Gasteiger partial charge in [-0.1, -0.05) is 68.4 Å². The molecule has 2 aromatic carbocycles. The number of Topliss-reactive ketones (excluding diaryl/α,β-unsaturated/α-hetero) is 1. The van der Waals surface area contributed by atoms with Crippen LogP contribution in [0.1, 0.15) is 26.3 Å². The summed E-state index contributed by atoms with van der Waals surface area (Å²) in [6.45, 7) is 4.68. The summed E-state index contributed by atoms with van der Waals surface area (Å²) in [5, 5.41) is 19.6. The first kappa shape index (κ1) is 19.3. The predicted molar refractivity (Wildman–Crippen MR) is 98.0 cm³/mol. The quantitative estimate of drug-likeness (QED) is 0.773. The second-order valence-corrected chi connectivity index (χ2v) is 6.73. The Kier molecular flexibility index (Phi) is 6.48. The summed E-state index contributed by atoms with van der Waals surface area (Å²) in [7, 11) is 0.